The average molecular weight is 342 g/mol. The lowest BCUT2D eigenvalue weighted by Crippen LogP contribution is -2.31. The van der Waals surface area contributed by atoms with Crippen LogP contribution in [0.4, 0.5) is 18.9 Å². The Morgan fingerprint density at radius 2 is 2.11 bits per heavy atom. The van der Waals surface area contributed by atoms with Crippen LogP contribution in [0.2, 0.25) is 0 Å². The fraction of sp³-hybridized carbons (Fsp3) is 0.636. The molecule has 0 aliphatic heterocycles. The van der Waals surface area contributed by atoms with Gasteiger partial charge >= 0.3 is 6.18 Å². The lowest BCUT2D eigenvalue weighted by atomic mass is 10.1. The van der Waals surface area contributed by atoms with Gasteiger partial charge in [-0.2, -0.15) is 18.3 Å². The lowest BCUT2D eigenvalue weighted by molar-refractivity contribution is -0.143. The number of rotatable bonds is 5. The summed E-state index contributed by atoms with van der Waals surface area (Å²) in [5.74, 6) is 0.491. The van der Waals surface area contributed by atoms with E-state index in [0.717, 1.165) is 6.42 Å². The molecule has 1 heterocycles. The van der Waals surface area contributed by atoms with Gasteiger partial charge in [-0.3, -0.25) is 4.79 Å². The van der Waals surface area contributed by atoms with Crippen molar-refractivity contribution in [3.05, 3.63) is 21.0 Å². The summed E-state index contributed by atoms with van der Waals surface area (Å²) in [6, 6.07) is 0. The van der Waals surface area contributed by atoms with Gasteiger partial charge in [-0.15, -0.1) is 0 Å². The van der Waals surface area contributed by atoms with E-state index in [-0.39, 0.29) is 4.47 Å². The van der Waals surface area contributed by atoms with Gasteiger partial charge in [0.15, 0.2) is 0 Å². The van der Waals surface area contributed by atoms with E-state index < -0.39 is 18.3 Å². The van der Waals surface area contributed by atoms with Crippen LogP contribution in [0.15, 0.2) is 15.5 Å². The SMILES string of the molecule is CC(C)CCNc1cnn(CC(F)(F)F)c(=O)c1Br. The number of halogens is 4. The van der Waals surface area contributed by atoms with Crippen LogP contribution >= 0.6 is 15.9 Å². The summed E-state index contributed by atoms with van der Waals surface area (Å²) in [6.45, 7) is 3.34. The summed E-state index contributed by atoms with van der Waals surface area (Å²) in [6.07, 6.45) is -2.36. The van der Waals surface area contributed by atoms with Crippen molar-refractivity contribution in [2.75, 3.05) is 11.9 Å². The summed E-state index contributed by atoms with van der Waals surface area (Å²) in [5.41, 5.74) is -0.393. The van der Waals surface area contributed by atoms with Gasteiger partial charge in [0.2, 0.25) is 0 Å². The van der Waals surface area contributed by atoms with Gasteiger partial charge in [0.25, 0.3) is 5.56 Å². The fourth-order valence-corrected chi connectivity index (χ4v) is 1.81. The molecule has 1 rings (SSSR count). The van der Waals surface area contributed by atoms with Crippen molar-refractivity contribution in [3.8, 4) is 0 Å². The lowest BCUT2D eigenvalue weighted by Gasteiger charge is -2.12. The van der Waals surface area contributed by atoms with Gasteiger partial charge in [0.05, 0.1) is 11.9 Å². The molecule has 0 spiro atoms. The molecule has 0 saturated carbocycles. The molecule has 0 aromatic carbocycles. The third-order valence-electron chi connectivity index (χ3n) is 2.35. The second-order valence-corrected chi connectivity index (χ2v) is 5.35. The summed E-state index contributed by atoms with van der Waals surface area (Å²) in [5, 5.41) is 6.49. The normalized spacial score (nSPS) is 11.9. The molecule has 0 radical (unpaired) electrons. The second kappa shape index (κ2) is 6.40. The number of nitrogens with one attached hydrogen (secondary N) is 1. The quantitative estimate of drug-likeness (QED) is 0.895. The van der Waals surface area contributed by atoms with Crippen LogP contribution in [-0.4, -0.2) is 22.5 Å². The smallest absolute Gasteiger partial charge is 0.383 e. The van der Waals surface area contributed by atoms with Crippen molar-refractivity contribution >= 4 is 21.6 Å². The largest absolute Gasteiger partial charge is 0.408 e. The molecule has 0 bridgehead atoms. The molecule has 0 atom stereocenters. The number of aromatic nitrogens is 2. The highest BCUT2D eigenvalue weighted by Gasteiger charge is 2.29. The minimum Gasteiger partial charge on any atom is -0.383 e. The van der Waals surface area contributed by atoms with Gasteiger partial charge < -0.3 is 5.32 Å². The Labute approximate surface area is 117 Å². The standard InChI is InChI=1S/C11H15BrF3N3O/c1-7(2)3-4-16-8-5-17-18(6-11(13,14)15)10(19)9(8)12/h5,7,16H,3-4,6H2,1-2H3. The molecule has 0 fully saturated rings. The Morgan fingerprint density at radius 1 is 1.47 bits per heavy atom. The zero-order valence-electron chi connectivity index (χ0n) is 10.6. The molecular weight excluding hydrogens is 327 g/mol. The molecule has 1 aromatic heterocycles. The van der Waals surface area contributed by atoms with Crippen molar-refractivity contribution in [2.24, 2.45) is 5.92 Å². The van der Waals surface area contributed by atoms with Gasteiger partial charge in [-0.05, 0) is 28.3 Å². The molecule has 0 unspecified atom stereocenters. The zero-order valence-corrected chi connectivity index (χ0v) is 12.2. The van der Waals surface area contributed by atoms with Crippen molar-refractivity contribution in [1.29, 1.82) is 0 Å². The Morgan fingerprint density at radius 3 is 2.63 bits per heavy atom. The van der Waals surface area contributed by atoms with Gasteiger partial charge in [-0.1, -0.05) is 13.8 Å². The van der Waals surface area contributed by atoms with Gasteiger partial charge in [-0.25, -0.2) is 4.68 Å². The van der Waals surface area contributed by atoms with E-state index in [1.54, 1.807) is 0 Å². The highest BCUT2D eigenvalue weighted by atomic mass is 79.9. The minimum absolute atomic E-state index is 0.0653. The molecule has 0 amide bonds. The summed E-state index contributed by atoms with van der Waals surface area (Å²) >= 11 is 3.00. The van der Waals surface area contributed by atoms with Crippen molar-refractivity contribution in [1.82, 2.24) is 9.78 Å². The van der Waals surface area contributed by atoms with E-state index in [9.17, 15) is 18.0 Å². The number of alkyl halides is 3. The van der Waals surface area contributed by atoms with Crippen LogP contribution in [0, 0.1) is 5.92 Å². The van der Waals surface area contributed by atoms with Crippen LogP contribution in [0.1, 0.15) is 20.3 Å². The van der Waals surface area contributed by atoms with E-state index in [1.165, 1.54) is 6.20 Å². The van der Waals surface area contributed by atoms with Crippen molar-refractivity contribution in [3.63, 3.8) is 0 Å². The molecular formula is C11H15BrF3N3O. The van der Waals surface area contributed by atoms with Crippen LogP contribution < -0.4 is 10.9 Å². The van der Waals surface area contributed by atoms with Crippen molar-refractivity contribution in [2.45, 2.75) is 33.0 Å². The summed E-state index contributed by atoms with van der Waals surface area (Å²) in [4.78, 5) is 11.7. The van der Waals surface area contributed by atoms with E-state index in [4.69, 9.17) is 0 Å². The number of hydrogen-bond donors (Lipinski definition) is 1. The molecule has 8 heteroatoms. The minimum atomic E-state index is -4.47. The van der Waals surface area contributed by atoms with Crippen LogP contribution in [-0.2, 0) is 6.54 Å². The first-order chi connectivity index (χ1) is 8.70. The number of anilines is 1. The highest BCUT2D eigenvalue weighted by molar-refractivity contribution is 9.10. The monoisotopic (exact) mass is 341 g/mol. The maximum atomic E-state index is 12.2. The van der Waals surface area contributed by atoms with E-state index in [2.05, 4.69) is 40.2 Å². The van der Waals surface area contributed by atoms with Crippen LogP contribution in [0.25, 0.3) is 0 Å². The second-order valence-electron chi connectivity index (χ2n) is 4.56. The van der Waals surface area contributed by atoms with Gasteiger partial charge in [0.1, 0.15) is 11.0 Å². The third kappa shape index (κ3) is 5.22. The zero-order chi connectivity index (χ0) is 14.6. The predicted molar refractivity (Wildman–Crippen MR) is 70.2 cm³/mol. The first kappa shape index (κ1) is 16.0. The number of hydrogen-bond acceptors (Lipinski definition) is 3. The third-order valence-corrected chi connectivity index (χ3v) is 3.12. The van der Waals surface area contributed by atoms with E-state index >= 15 is 0 Å². The Bertz CT molecular complexity index is 485. The van der Waals surface area contributed by atoms with Crippen LogP contribution in [0.3, 0.4) is 0 Å². The molecule has 108 valence electrons. The molecule has 19 heavy (non-hydrogen) atoms. The van der Waals surface area contributed by atoms with Gasteiger partial charge in [0, 0.05) is 6.54 Å². The Hall–Kier alpha value is -1.05. The molecule has 0 aliphatic rings. The molecule has 1 N–H and O–H groups in total. The highest BCUT2D eigenvalue weighted by Crippen LogP contribution is 2.19. The molecule has 0 aliphatic carbocycles. The topological polar surface area (TPSA) is 46.9 Å². The van der Waals surface area contributed by atoms with E-state index in [0.29, 0.717) is 22.8 Å². The summed E-state index contributed by atoms with van der Waals surface area (Å²) < 4.78 is 37.1. The summed E-state index contributed by atoms with van der Waals surface area (Å²) in [7, 11) is 0. The van der Waals surface area contributed by atoms with Crippen LogP contribution in [0.5, 0.6) is 0 Å². The maximum absolute atomic E-state index is 12.2. The molecule has 1 aromatic rings. The average Bonchev–Trinajstić information content (AvgIpc) is 2.26. The first-order valence-corrected chi connectivity index (χ1v) is 6.56. The van der Waals surface area contributed by atoms with E-state index in [1.807, 2.05) is 0 Å². The predicted octanol–water partition coefficient (Wildman–Crippen LogP) is 3.03. The van der Waals surface area contributed by atoms with Crippen molar-refractivity contribution < 1.29 is 13.2 Å². The maximum Gasteiger partial charge on any atom is 0.408 e. The fourth-order valence-electron chi connectivity index (χ4n) is 1.37. The number of nitrogens with zero attached hydrogens (tertiary/aromatic N) is 2. The molecule has 4 nitrogen and oxygen atoms in total. The first-order valence-electron chi connectivity index (χ1n) is 5.77. The Kier molecular flexibility index (Phi) is 5.39. The Balaban J connectivity index is 2.83. The molecule has 0 saturated heterocycles.